The lowest BCUT2D eigenvalue weighted by Gasteiger charge is -2.44. The number of fused-ring (bicyclic) bond motifs is 1. The number of nitrogens with zero attached hydrogens (tertiary/aromatic N) is 3. The van der Waals surface area contributed by atoms with E-state index in [1.165, 1.54) is 11.6 Å². The smallest absolute Gasteiger partial charge is 0.129 e. The third kappa shape index (κ3) is 3.86. The summed E-state index contributed by atoms with van der Waals surface area (Å²) in [5.41, 5.74) is 10.2. The summed E-state index contributed by atoms with van der Waals surface area (Å²) in [4.78, 5) is 15.3. The maximum Gasteiger partial charge on any atom is 0.129 e. The Bertz CT molecular complexity index is 1120. The van der Waals surface area contributed by atoms with Crippen LogP contribution in [0.25, 0.3) is 0 Å². The van der Waals surface area contributed by atoms with Crippen molar-refractivity contribution in [3.8, 4) is 0 Å². The van der Waals surface area contributed by atoms with Crippen molar-refractivity contribution in [1.29, 1.82) is 0 Å². The lowest BCUT2D eigenvalue weighted by atomic mass is 9.85. The number of rotatable bonds is 6. The standard InChI is InChI=1S/C26H28FN5/c27-21-11-12-22(20(16-21)17-28)32(23-10-4-8-18-9-5-13-29-24(18)23)25(26-30-14-15-31-26)19-6-2-1-3-7-19/h1-3,5-6,9,11-16,19,23,25H,4,7-8,10,17,28H2,(H,30,31). The van der Waals surface area contributed by atoms with Gasteiger partial charge in [0, 0.05) is 36.7 Å². The number of allylic oxidation sites excluding steroid dienone is 3. The topological polar surface area (TPSA) is 70.8 Å². The van der Waals surface area contributed by atoms with Crippen molar-refractivity contribution in [2.24, 2.45) is 11.7 Å². The first-order chi connectivity index (χ1) is 15.8. The Hall–Kier alpha value is -3.25. The van der Waals surface area contributed by atoms with Crippen molar-refractivity contribution < 1.29 is 4.39 Å². The van der Waals surface area contributed by atoms with Crippen LogP contribution in [0.15, 0.2) is 73.2 Å². The SMILES string of the molecule is NCc1cc(F)ccc1N(C1CCCc2cccnc21)C(c1ncc[nH]1)C1C=CC=CC1. The predicted molar refractivity (Wildman–Crippen MR) is 124 cm³/mol. The number of nitrogens with one attached hydrogen (secondary N) is 1. The van der Waals surface area contributed by atoms with Gasteiger partial charge in [0.2, 0.25) is 0 Å². The van der Waals surface area contributed by atoms with Crippen LogP contribution in [-0.2, 0) is 13.0 Å². The van der Waals surface area contributed by atoms with Gasteiger partial charge in [-0.3, -0.25) is 4.98 Å². The van der Waals surface area contributed by atoms with Gasteiger partial charge < -0.3 is 15.6 Å². The molecule has 3 aromatic rings. The van der Waals surface area contributed by atoms with Crippen LogP contribution in [0.1, 0.15) is 54.0 Å². The molecule has 0 fully saturated rings. The number of aromatic amines is 1. The molecule has 0 radical (unpaired) electrons. The molecule has 2 aliphatic carbocycles. The van der Waals surface area contributed by atoms with Crippen LogP contribution < -0.4 is 10.6 Å². The number of anilines is 1. The van der Waals surface area contributed by atoms with E-state index in [1.807, 2.05) is 24.5 Å². The van der Waals surface area contributed by atoms with Gasteiger partial charge in [-0.1, -0.05) is 30.4 Å². The Kier molecular flexibility index (Phi) is 5.86. The van der Waals surface area contributed by atoms with Crippen molar-refractivity contribution >= 4 is 5.69 Å². The molecule has 0 aliphatic heterocycles. The number of imidazole rings is 1. The second-order valence-electron chi connectivity index (χ2n) is 8.47. The van der Waals surface area contributed by atoms with E-state index >= 15 is 0 Å². The molecule has 1 aromatic carbocycles. The first-order valence-electron chi connectivity index (χ1n) is 11.3. The molecule has 5 rings (SSSR count). The number of halogens is 1. The molecule has 0 spiro atoms. The molecular formula is C26H28FN5. The van der Waals surface area contributed by atoms with Crippen LogP contribution >= 0.6 is 0 Å². The highest BCUT2D eigenvalue weighted by Gasteiger charge is 2.38. The van der Waals surface area contributed by atoms with E-state index in [-0.39, 0.29) is 30.4 Å². The molecule has 3 N–H and O–H groups in total. The Morgan fingerprint density at radius 1 is 1.19 bits per heavy atom. The molecule has 2 aliphatic rings. The molecule has 32 heavy (non-hydrogen) atoms. The van der Waals surface area contributed by atoms with E-state index in [1.54, 1.807) is 12.3 Å². The van der Waals surface area contributed by atoms with E-state index in [0.717, 1.165) is 48.5 Å². The number of hydrogen-bond donors (Lipinski definition) is 2. The van der Waals surface area contributed by atoms with Crippen molar-refractivity contribution in [3.63, 3.8) is 0 Å². The Morgan fingerprint density at radius 2 is 2.12 bits per heavy atom. The first kappa shape index (κ1) is 20.6. The molecular weight excluding hydrogens is 401 g/mol. The van der Waals surface area contributed by atoms with Gasteiger partial charge in [0.25, 0.3) is 0 Å². The fraction of sp³-hybridized carbons (Fsp3) is 0.308. The predicted octanol–water partition coefficient (Wildman–Crippen LogP) is 5.16. The minimum absolute atomic E-state index is 0.0464. The van der Waals surface area contributed by atoms with E-state index in [2.05, 4.69) is 45.2 Å². The first-order valence-corrected chi connectivity index (χ1v) is 11.3. The van der Waals surface area contributed by atoms with E-state index < -0.39 is 0 Å². The molecule has 164 valence electrons. The van der Waals surface area contributed by atoms with Crippen LogP contribution in [-0.4, -0.2) is 15.0 Å². The van der Waals surface area contributed by atoms with E-state index in [9.17, 15) is 4.39 Å². The zero-order valence-corrected chi connectivity index (χ0v) is 18.0. The summed E-state index contributed by atoms with van der Waals surface area (Å²) in [6.45, 7) is 0.261. The molecule has 0 amide bonds. The van der Waals surface area contributed by atoms with Crippen LogP contribution in [0.5, 0.6) is 0 Å². The normalized spacial score (nSPS) is 20.7. The molecule has 6 heteroatoms. The number of pyridine rings is 1. The Labute approximate surface area is 187 Å². The molecule has 2 aromatic heterocycles. The highest BCUT2D eigenvalue weighted by atomic mass is 19.1. The number of aryl methyl sites for hydroxylation is 1. The second kappa shape index (κ2) is 9.09. The third-order valence-corrected chi connectivity index (χ3v) is 6.56. The second-order valence-corrected chi connectivity index (χ2v) is 8.47. The van der Waals surface area contributed by atoms with Crippen molar-refractivity contribution in [2.75, 3.05) is 4.90 Å². The molecule has 3 atom stereocenters. The van der Waals surface area contributed by atoms with Crippen molar-refractivity contribution in [2.45, 2.75) is 44.3 Å². The Balaban J connectivity index is 1.71. The highest BCUT2D eigenvalue weighted by molar-refractivity contribution is 5.58. The third-order valence-electron chi connectivity index (χ3n) is 6.56. The van der Waals surface area contributed by atoms with E-state index in [4.69, 9.17) is 10.7 Å². The van der Waals surface area contributed by atoms with Gasteiger partial charge >= 0.3 is 0 Å². The molecule has 0 saturated carbocycles. The lowest BCUT2D eigenvalue weighted by Crippen LogP contribution is -2.40. The summed E-state index contributed by atoms with van der Waals surface area (Å²) in [6.07, 6.45) is 18.1. The summed E-state index contributed by atoms with van der Waals surface area (Å²) in [7, 11) is 0. The number of benzene rings is 1. The number of nitrogens with two attached hydrogens (primary N) is 1. The fourth-order valence-electron chi connectivity index (χ4n) is 5.15. The van der Waals surface area contributed by atoms with Gasteiger partial charge in [-0.25, -0.2) is 9.37 Å². The van der Waals surface area contributed by atoms with Gasteiger partial charge in [0.1, 0.15) is 11.6 Å². The van der Waals surface area contributed by atoms with E-state index in [0.29, 0.717) is 0 Å². The summed E-state index contributed by atoms with van der Waals surface area (Å²) in [5.74, 6) is 0.826. The minimum Gasteiger partial charge on any atom is -0.352 e. The monoisotopic (exact) mass is 429 g/mol. The van der Waals surface area contributed by atoms with Gasteiger partial charge in [0.05, 0.1) is 17.8 Å². The van der Waals surface area contributed by atoms with Crippen molar-refractivity contribution in [1.82, 2.24) is 15.0 Å². The number of aromatic nitrogens is 3. The average molecular weight is 430 g/mol. The number of H-pyrrole nitrogens is 1. The van der Waals surface area contributed by atoms with Crippen LogP contribution in [0.4, 0.5) is 10.1 Å². The Morgan fingerprint density at radius 3 is 2.91 bits per heavy atom. The minimum atomic E-state index is -0.272. The molecule has 0 bridgehead atoms. The molecule has 3 unspecified atom stereocenters. The van der Waals surface area contributed by atoms with Crippen LogP contribution in [0.2, 0.25) is 0 Å². The van der Waals surface area contributed by atoms with Gasteiger partial charge in [-0.15, -0.1) is 0 Å². The summed E-state index contributed by atoms with van der Waals surface area (Å²) < 4.78 is 14.2. The quantitative estimate of drug-likeness (QED) is 0.568. The van der Waals surface area contributed by atoms with Gasteiger partial charge in [-0.05, 0) is 61.1 Å². The van der Waals surface area contributed by atoms with Crippen LogP contribution in [0, 0.1) is 11.7 Å². The zero-order valence-electron chi connectivity index (χ0n) is 18.0. The lowest BCUT2D eigenvalue weighted by molar-refractivity contribution is 0.390. The largest absolute Gasteiger partial charge is 0.352 e. The highest BCUT2D eigenvalue weighted by Crippen LogP contribution is 2.45. The van der Waals surface area contributed by atoms with Gasteiger partial charge in [0.15, 0.2) is 0 Å². The average Bonchev–Trinajstić information content (AvgIpc) is 3.37. The summed E-state index contributed by atoms with van der Waals surface area (Å²) in [5, 5.41) is 0. The number of hydrogen-bond acceptors (Lipinski definition) is 4. The van der Waals surface area contributed by atoms with Gasteiger partial charge in [-0.2, -0.15) is 0 Å². The summed E-state index contributed by atoms with van der Waals surface area (Å²) >= 11 is 0. The molecule has 0 saturated heterocycles. The molecule has 2 heterocycles. The summed E-state index contributed by atoms with van der Waals surface area (Å²) in [6, 6.07) is 9.11. The maximum atomic E-state index is 14.2. The maximum absolute atomic E-state index is 14.2. The fourth-order valence-corrected chi connectivity index (χ4v) is 5.15. The van der Waals surface area contributed by atoms with Crippen LogP contribution in [0.3, 0.4) is 0 Å². The zero-order chi connectivity index (χ0) is 21.9. The molecule has 5 nitrogen and oxygen atoms in total. The van der Waals surface area contributed by atoms with Crippen molar-refractivity contribution in [3.05, 3.63) is 102 Å².